The van der Waals surface area contributed by atoms with E-state index in [-0.39, 0.29) is 17.4 Å². The molecule has 1 fully saturated rings. The van der Waals surface area contributed by atoms with E-state index in [0.29, 0.717) is 25.6 Å². The molecule has 9 heteroatoms. The Kier molecular flexibility index (Phi) is 9.45. The largest absolute Gasteiger partial charge is 0.497 e. The predicted molar refractivity (Wildman–Crippen MR) is 121 cm³/mol. The monoisotopic (exact) mass is 447 g/mol. The topological polar surface area (TPSA) is 97.0 Å². The van der Waals surface area contributed by atoms with Crippen molar-refractivity contribution in [3.05, 3.63) is 35.9 Å². The number of nitrogens with zero attached hydrogens (tertiary/aromatic N) is 1. The van der Waals surface area contributed by atoms with Gasteiger partial charge in [0.2, 0.25) is 11.8 Å². The first kappa shape index (κ1) is 24.3. The molecule has 168 valence electrons. The van der Waals surface area contributed by atoms with Crippen molar-refractivity contribution in [1.29, 1.82) is 0 Å². The van der Waals surface area contributed by atoms with Gasteiger partial charge in [0.15, 0.2) is 5.11 Å². The van der Waals surface area contributed by atoms with Gasteiger partial charge >= 0.3 is 5.97 Å². The summed E-state index contributed by atoms with van der Waals surface area (Å²) in [6.07, 6.45) is 3.61. The van der Waals surface area contributed by atoms with Gasteiger partial charge in [0.25, 0.3) is 0 Å². The molecule has 1 saturated heterocycles. The van der Waals surface area contributed by atoms with Crippen LogP contribution in [0.2, 0.25) is 0 Å². The van der Waals surface area contributed by atoms with Gasteiger partial charge in [-0.25, -0.2) is 0 Å². The molecule has 1 aliphatic rings. The lowest BCUT2D eigenvalue weighted by Gasteiger charge is -2.36. The lowest BCUT2D eigenvalue weighted by Crippen LogP contribution is -2.60. The Morgan fingerprint density at radius 3 is 2.68 bits per heavy atom. The van der Waals surface area contributed by atoms with Gasteiger partial charge in [-0.2, -0.15) is 0 Å². The number of methoxy groups -OCH3 is 1. The van der Waals surface area contributed by atoms with Crippen LogP contribution in [0.4, 0.5) is 0 Å². The van der Waals surface area contributed by atoms with E-state index >= 15 is 0 Å². The van der Waals surface area contributed by atoms with E-state index in [9.17, 15) is 14.4 Å². The summed E-state index contributed by atoms with van der Waals surface area (Å²) in [6, 6.07) is 6.39. The highest BCUT2D eigenvalue weighted by Gasteiger charge is 2.34. The third-order valence-corrected chi connectivity index (χ3v) is 5.02. The van der Waals surface area contributed by atoms with E-state index in [0.717, 1.165) is 17.7 Å². The minimum atomic E-state index is -0.821. The molecule has 0 aromatic heterocycles. The molecule has 2 rings (SSSR count). The molecule has 1 aliphatic heterocycles. The minimum absolute atomic E-state index is 0.0965. The number of ether oxygens (including phenoxy) is 2. The van der Waals surface area contributed by atoms with Crippen LogP contribution in [-0.4, -0.2) is 60.6 Å². The van der Waals surface area contributed by atoms with Crippen molar-refractivity contribution in [2.45, 2.75) is 32.7 Å². The molecule has 2 N–H and O–H groups in total. The molecule has 1 heterocycles. The second-order valence-corrected chi connectivity index (χ2v) is 7.89. The first-order valence-electron chi connectivity index (χ1n) is 10.2. The average Bonchev–Trinajstić information content (AvgIpc) is 2.73. The zero-order chi connectivity index (χ0) is 22.8. The van der Waals surface area contributed by atoms with Crippen molar-refractivity contribution >= 4 is 41.2 Å². The average molecular weight is 448 g/mol. The number of esters is 1. The summed E-state index contributed by atoms with van der Waals surface area (Å²) < 4.78 is 10.3. The van der Waals surface area contributed by atoms with Crippen LogP contribution in [0.15, 0.2) is 30.3 Å². The number of thiocarbonyl (C=S) groups is 1. The number of carbonyl (C=O) groups is 3. The van der Waals surface area contributed by atoms with Crippen LogP contribution in [0.3, 0.4) is 0 Å². The summed E-state index contributed by atoms with van der Waals surface area (Å²) >= 11 is 5.33. The van der Waals surface area contributed by atoms with Crippen LogP contribution in [0.1, 0.15) is 32.3 Å². The Morgan fingerprint density at radius 1 is 1.32 bits per heavy atom. The predicted octanol–water partition coefficient (Wildman–Crippen LogP) is 1.89. The van der Waals surface area contributed by atoms with Crippen molar-refractivity contribution in [2.75, 3.05) is 26.8 Å². The fraction of sp³-hybridized carbons (Fsp3) is 0.455. The van der Waals surface area contributed by atoms with Gasteiger partial charge in [-0.15, -0.1) is 0 Å². The number of hydrogen-bond donors (Lipinski definition) is 2. The van der Waals surface area contributed by atoms with E-state index in [2.05, 4.69) is 10.6 Å². The summed E-state index contributed by atoms with van der Waals surface area (Å²) in [7, 11) is 1.58. The number of rotatable bonds is 8. The maximum atomic E-state index is 12.3. The molecule has 0 spiro atoms. The van der Waals surface area contributed by atoms with Gasteiger partial charge in [0.1, 0.15) is 11.8 Å². The van der Waals surface area contributed by atoms with Crippen LogP contribution < -0.4 is 15.4 Å². The normalized spacial score (nSPS) is 16.2. The fourth-order valence-electron chi connectivity index (χ4n) is 2.89. The molecule has 0 bridgehead atoms. The van der Waals surface area contributed by atoms with Gasteiger partial charge < -0.3 is 19.7 Å². The third kappa shape index (κ3) is 8.01. The Labute approximate surface area is 188 Å². The maximum absolute atomic E-state index is 12.3. The van der Waals surface area contributed by atoms with E-state index < -0.39 is 17.9 Å². The minimum Gasteiger partial charge on any atom is -0.497 e. The molecule has 2 amide bonds. The Bertz CT molecular complexity index is 823. The van der Waals surface area contributed by atoms with E-state index in [1.54, 1.807) is 30.2 Å². The third-order valence-electron chi connectivity index (χ3n) is 4.68. The van der Waals surface area contributed by atoms with Crippen molar-refractivity contribution in [3.63, 3.8) is 0 Å². The second-order valence-electron chi connectivity index (χ2n) is 7.51. The Balaban J connectivity index is 1.93. The number of hydrogen-bond acceptors (Lipinski definition) is 6. The SMILES string of the molecule is COc1ccc(/C=C/C(=O)NC(=S)N2CCNC(=O)C2CC(=O)OCCC(C)C)cc1. The van der Waals surface area contributed by atoms with Crippen molar-refractivity contribution in [2.24, 2.45) is 5.92 Å². The Hall–Kier alpha value is -2.94. The fourth-order valence-corrected chi connectivity index (χ4v) is 3.21. The summed E-state index contributed by atoms with van der Waals surface area (Å²) in [5.41, 5.74) is 0.821. The quantitative estimate of drug-likeness (QED) is 0.357. The van der Waals surface area contributed by atoms with Crippen LogP contribution in [0.25, 0.3) is 6.08 Å². The number of nitrogens with one attached hydrogen (secondary N) is 2. The zero-order valence-electron chi connectivity index (χ0n) is 18.1. The molecule has 1 aromatic rings. The van der Waals surface area contributed by atoms with Gasteiger partial charge in [-0.05, 0) is 48.3 Å². The molecular weight excluding hydrogens is 418 g/mol. The van der Waals surface area contributed by atoms with Gasteiger partial charge in [-0.1, -0.05) is 26.0 Å². The highest BCUT2D eigenvalue weighted by atomic mass is 32.1. The van der Waals surface area contributed by atoms with E-state index in [1.165, 1.54) is 6.08 Å². The number of piperazine rings is 1. The summed E-state index contributed by atoms with van der Waals surface area (Å²) in [5.74, 6) is -0.0836. The van der Waals surface area contributed by atoms with Crippen molar-refractivity contribution < 1.29 is 23.9 Å². The highest BCUT2D eigenvalue weighted by Crippen LogP contribution is 2.13. The van der Waals surface area contributed by atoms with Gasteiger partial charge in [0.05, 0.1) is 20.1 Å². The molecular formula is C22H29N3O5S. The molecule has 1 aromatic carbocycles. The van der Waals surface area contributed by atoms with Crippen LogP contribution in [-0.2, 0) is 19.1 Å². The Morgan fingerprint density at radius 2 is 2.03 bits per heavy atom. The maximum Gasteiger partial charge on any atom is 0.308 e. The molecule has 0 aliphatic carbocycles. The van der Waals surface area contributed by atoms with Crippen LogP contribution in [0.5, 0.6) is 5.75 Å². The van der Waals surface area contributed by atoms with Gasteiger partial charge in [-0.3, -0.25) is 19.7 Å². The van der Waals surface area contributed by atoms with E-state index in [4.69, 9.17) is 21.7 Å². The van der Waals surface area contributed by atoms with Gasteiger partial charge in [0, 0.05) is 19.2 Å². The zero-order valence-corrected chi connectivity index (χ0v) is 18.9. The smallest absolute Gasteiger partial charge is 0.308 e. The molecule has 1 atom stereocenters. The second kappa shape index (κ2) is 12.0. The summed E-state index contributed by atoms with van der Waals surface area (Å²) in [6.45, 7) is 5.14. The molecule has 0 saturated carbocycles. The number of amides is 2. The molecule has 31 heavy (non-hydrogen) atoms. The van der Waals surface area contributed by atoms with Crippen molar-refractivity contribution in [1.82, 2.24) is 15.5 Å². The molecule has 0 radical (unpaired) electrons. The number of carbonyl (C=O) groups excluding carboxylic acids is 3. The van der Waals surface area contributed by atoms with Crippen molar-refractivity contribution in [3.8, 4) is 5.75 Å². The summed E-state index contributed by atoms with van der Waals surface area (Å²) in [5, 5.41) is 5.42. The summed E-state index contributed by atoms with van der Waals surface area (Å²) in [4.78, 5) is 38.3. The standard InChI is InChI=1S/C22H29N3O5S/c1-15(2)10-13-30-20(27)14-18-21(28)23-11-12-25(18)22(31)24-19(26)9-6-16-4-7-17(29-3)8-5-16/h4-9,15,18H,10-14H2,1-3H3,(H,23,28)(H,24,26,31)/b9-6+. The van der Waals surface area contributed by atoms with Crippen LogP contribution in [0, 0.1) is 5.92 Å². The molecule has 1 unspecified atom stereocenters. The first-order chi connectivity index (χ1) is 14.8. The lowest BCUT2D eigenvalue weighted by molar-refractivity contribution is -0.147. The lowest BCUT2D eigenvalue weighted by atomic mass is 10.1. The number of benzene rings is 1. The first-order valence-corrected chi connectivity index (χ1v) is 10.6. The van der Waals surface area contributed by atoms with Crippen LogP contribution >= 0.6 is 12.2 Å². The van der Waals surface area contributed by atoms with E-state index in [1.807, 2.05) is 26.0 Å². The molecule has 8 nitrogen and oxygen atoms in total. The highest BCUT2D eigenvalue weighted by molar-refractivity contribution is 7.80.